The fourth-order valence-electron chi connectivity index (χ4n) is 2.51. The number of nitrogens with zero attached hydrogens (tertiary/aromatic N) is 3. The van der Waals surface area contributed by atoms with E-state index >= 15 is 0 Å². The summed E-state index contributed by atoms with van der Waals surface area (Å²) in [5, 5.41) is 7.26. The van der Waals surface area contributed by atoms with Crippen molar-refractivity contribution >= 4 is 28.9 Å². The highest BCUT2D eigenvalue weighted by Crippen LogP contribution is 2.47. The number of esters is 1. The molecule has 9 heteroatoms. The van der Waals surface area contributed by atoms with E-state index in [1.165, 1.54) is 23.3 Å². The van der Waals surface area contributed by atoms with Crippen LogP contribution in [0.3, 0.4) is 0 Å². The molecule has 0 spiro atoms. The third-order valence-electron chi connectivity index (χ3n) is 3.73. The van der Waals surface area contributed by atoms with Crippen LogP contribution in [0.2, 0.25) is 5.15 Å². The third-order valence-corrected chi connectivity index (χ3v) is 4.11. The van der Waals surface area contributed by atoms with Crippen molar-refractivity contribution in [3.05, 3.63) is 35.4 Å². The molecule has 0 bridgehead atoms. The average molecular weight is 357 g/mol. The molecule has 1 fully saturated rings. The Hall–Kier alpha value is -2.22. The standard InChI is InChI=1S/C15H15ClF2N4O2/c1-2-24-14(23)10-7-19-4-3-11(10)21-12-8-20-22(13(12)16)9-5-15(17,18)6-9/h3-4,7-9H,2,5-6H2,1H3,(H,19,21). The molecule has 0 aliphatic heterocycles. The monoisotopic (exact) mass is 356 g/mol. The van der Waals surface area contributed by atoms with Gasteiger partial charge in [-0.05, 0) is 13.0 Å². The van der Waals surface area contributed by atoms with Gasteiger partial charge < -0.3 is 10.1 Å². The molecule has 0 unspecified atom stereocenters. The van der Waals surface area contributed by atoms with Gasteiger partial charge in [-0.3, -0.25) is 4.98 Å². The Morgan fingerprint density at radius 2 is 2.21 bits per heavy atom. The van der Waals surface area contributed by atoms with Gasteiger partial charge in [-0.1, -0.05) is 11.6 Å². The number of nitrogens with one attached hydrogen (secondary N) is 1. The Kier molecular flexibility index (Phi) is 4.40. The zero-order valence-corrected chi connectivity index (χ0v) is 13.6. The van der Waals surface area contributed by atoms with Gasteiger partial charge in [0.15, 0.2) is 5.15 Å². The Bertz CT molecular complexity index is 758. The topological polar surface area (TPSA) is 69.0 Å². The Morgan fingerprint density at radius 1 is 1.46 bits per heavy atom. The van der Waals surface area contributed by atoms with Gasteiger partial charge in [0.2, 0.25) is 0 Å². The molecular weight excluding hydrogens is 342 g/mol. The lowest BCUT2D eigenvalue weighted by molar-refractivity contribution is -0.106. The van der Waals surface area contributed by atoms with Crippen molar-refractivity contribution in [1.29, 1.82) is 0 Å². The second-order valence-electron chi connectivity index (χ2n) is 5.48. The van der Waals surface area contributed by atoms with E-state index < -0.39 is 17.9 Å². The first-order chi connectivity index (χ1) is 11.4. The van der Waals surface area contributed by atoms with Crippen LogP contribution in [-0.2, 0) is 4.74 Å². The minimum absolute atomic E-state index is 0.210. The van der Waals surface area contributed by atoms with Crippen LogP contribution >= 0.6 is 11.6 Å². The van der Waals surface area contributed by atoms with Crippen LogP contribution in [0, 0.1) is 0 Å². The molecule has 128 valence electrons. The molecule has 3 rings (SSSR count). The Labute approximate surface area is 141 Å². The third kappa shape index (κ3) is 3.19. The van der Waals surface area contributed by atoms with Gasteiger partial charge >= 0.3 is 5.97 Å². The van der Waals surface area contributed by atoms with Gasteiger partial charge in [0.1, 0.15) is 5.56 Å². The van der Waals surface area contributed by atoms with Gasteiger partial charge in [-0.25, -0.2) is 18.3 Å². The van der Waals surface area contributed by atoms with Crippen molar-refractivity contribution < 1.29 is 18.3 Å². The maximum absolute atomic E-state index is 13.0. The second-order valence-corrected chi connectivity index (χ2v) is 5.84. The number of rotatable bonds is 5. The van der Waals surface area contributed by atoms with Gasteiger partial charge in [0.25, 0.3) is 5.92 Å². The number of alkyl halides is 2. The van der Waals surface area contributed by atoms with Crippen LogP contribution in [0.1, 0.15) is 36.2 Å². The van der Waals surface area contributed by atoms with Crippen LogP contribution in [0.15, 0.2) is 24.7 Å². The molecule has 2 heterocycles. The van der Waals surface area contributed by atoms with Crippen molar-refractivity contribution in [3.8, 4) is 0 Å². The largest absolute Gasteiger partial charge is 0.462 e. The number of anilines is 2. The molecule has 24 heavy (non-hydrogen) atoms. The Balaban J connectivity index is 1.80. The van der Waals surface area contributed by atoms with Crippen LogP contribution in [-0.4, -0.2) is 33.3 Å². The molecule has 1 aliphatic carbocycles. The molecule has 1 aliphatic rings. The van der Waals surface area contributed by atoms with Crippen LogP contribution in [0.25, 0.3) is 0 Å². The zero-order valence-electron chi connectivity index (χ0n) is 12.8. The normalized spacial score (nSPS) is 16.5. The van der Waals surface area contributed by atoms with Crippen molar-refractivity contribution in [2.45, 2.75) is 31.7 Å². The SMILES string of the molecule is CCOC(=O)c1cnccc1Nc1cnn(C2CC(F)(F)C2)c1Cl. The molecule has 0 atom stereocenters. The quantitative estimate of drug-likeness (QED) is 0.825. The summed E-state index contributed by atoms with van der Waals surface area (Å²) in [5.74, 6) is -3.18. The van der Waals surface area contributed by atoms with E-state index in [1.54, 1.807) is 13.0 Å². The minimum Gasteiger partial charge on any atom is -0.462 e. The minimum atomic E-state index is -2.66. The van der Waals surface area contributed by atoms with Crippen molar-refractivity contribution in [2.24, 2.45) is 0 Å². The maximum atomic E-state index is 13.0. The predicted octanol–water partition coefficient (Wildman–Crippen LogP) is 3.82. The molecule has 2 aromatic rings. The zero-order chi connectivity index (χ0) is 17.3. The van der Waals surface area contributed by atoms with E-state index in [0.29, 0.717) is 11.4 Å². The fraction of sp³-hybridized carbons (Fsp3) is 0.400. The van der Waals surface area contributed by atoms with E-state index in [0.717, 1.165) is 0 Å². The van der Waals surface area contributed by atoms with Gasteiger partial charge in [-0.15, -0.1) is 0 Å². The molecule has 1 saturated carbocycles. The molecule has 1 N–H and O–H groups in total. The molecule has 2 aromatic heterocycles. The average Bonchev–Trinajstić information content (AvgIpc) is 2.86. The number of hydrogen-bond acceptors (Lipinski definition) is 5. The van der Waals surface area contributed by atoms with Crippen molar-refractivity contribution in [1.82, 2.24) is 14.8 Å². The first-order valence-electron chi connectivity index (χ1n) is 7.40. The van der Waals surface area contributed by atoms with E-state index in [4.69, 9.17) is 16.3 Å². The molecule has 0 radical (unpaired) electrons. The molecule has 0 saturated heterocycles. The summed E-state index contributed by atoms with van der Waals surface area (Å²) in [7, 11) is 0. The van der Waals surface area contributed by atoms with Gasteiger partial charge in [0.05, 0.1) is 30.2 Å². The molecule has 6 nitrogen and oxygen atoms in total. The van der Waals surface area contributed by atoms with E-state index in [-0.39, 0.29) is 30.2 Å². The van der Waals surface area contributed by atoms with Crippen LogP contribution in [0.5, 0.6) is 0 Å². The lowest BCUT2D eigenvalue weighted by Gasteiger charge is -2.35. The summed E-state index contributed by atoms with van der Waals surface area (Å²) in [6, 6.07) is 1.17. The fourth-order valence-corrected chi connectivity index (χ4v) is 2.79. The molecule has 0 aromatic carbocycles. The first-order valence-corrected chi connectivity index (χ1v) is 7.78. The number of ether oxygens (including phenoxy) is 1. The first kappa shape index (κ1) is 16.6. The summed E-state index contributed by atoms with van der Waals surface area (Å²) in [6.45, 7) is 1.94. The number of halogens is 3. The van der Waals surface area contributed by atoms with Gasteiger partial charge in [0, 0.05) is 25.2 Å². The lowest BCUT2D eigenvalue weighted by Crippen LogP contribution is -2.37. The van der Waals surface area contributed by atoms with Crippen molar-refractivity contribution in [3.63, 3.8) is 0 Å². The van der Waals surface area contributed by atoms with Gasteiger partial charge in [-0.2, -0.15) is 5.10 Å². The maximum Gasteiger partial charge on any atom is 0.341 e. The molecular formula is C15H15ClF2N4O2. The predicted molar refractivity (Wildman–Crippen MR) is 83.9 cm³/mol. The highest BCUT2D eigenvalue weighted by Gasteiger charge is 2.47. The smallest absolute Gasteiger partial charge is 0.341 e. The summed E-state index contributed by atoms with van der Waals surface area (Å²) in [6.07, 6.45) is 3.77. The van der Waals surface area contributed by atoms with E-state index in [2.05, 4.69) is 15.4 Å². The summed E-state index contributed by atoms with van der Waals surface area (Å²) >= 11 is 6.23. The van der Waals surface area contributed by atoms with Crippen LogP contribution < -0.4 is 5.32 Å². The lowest BCUT2D eigenvalue weighted by atomic mass is 9.88. The second kappa shape index (κ2) is 6.35. The van der Waals surface area contributed by atoms with Crippen LogP contribution in [0.4, 0.5) is 20.2 Å². The highest BCUT2D eigenvalue weighted by molar-refractivity contribution is 6.32. The number of carbonyl (C=O) groups is 1. The number of carbonyl (C=O) groups excluding carboxylic acids is 1. The highest BCUT2D eigenvalue weighted by atomic mass is 35.5. The number of pyridine rings is 1. The summed E-state index contributed by atoms with van der Waals surface area (Å²) in [5.41, 5.74) is 1.12. The van der Waals surface area contributed by atoms with E-state index in [9.17, 15) is 13.6 Å². The number of aromatic nitrogens is 3. The summed E-state index contributed by atoms with van der Waals surface area (Å²) < 4.78 is 32.4. The van der Waals surface area contributed by atoms with E-state index in [1.807, 2.05) is 0 Å². The number of hydrogen-bond donors (Lipinski definition) is 1. The summed E-state index contributed by atoms with van der Waals surface area (Å²) in [4.78, 5) is 15.8. The molecule has 0 amide bonds. The Morgan fingerprint density at radius 3 is 2.88 bits per heavy atom. The van der Waals surface area contributed by atoms with Crippen molar-refractivity contribution in [2.75, 3.05) is 11.9 Å².